The first kappa shape index (κ1) is 17.0. The molecule has 0 spiro atoms. The van der Waals surface area contributed by atoms with Gasteiger partial charge < -0.3 is 15.0 Å². The summed E-state index contributed by atoms with van der Waals surface area (Å²) in [5.74, 6) is 0.307. The lowest BCUT2D eigenvalue weighted by Gasteiger charge is -2.37. The van der Waals surface area contributed by atoms with Gasteiger partial charge in [0.15, 0.2) is 10.3 Å². The van der Waals surface area contributed by atoms with Crippen molar-refractivity contribution in [2.24, 2.45) is 5.92 Å². The Balaban J connectivity index is 2.23. The molecule has 1 aliphatic rings. The van der Waals surface area contributed by atoms with E-state index in [1.807, 2.05) is 13.8 Å². The van der Waals surface area contributed by atoms with Crippen LogP contribution >= 0.6 is 22.9 Å². The van der Waals surface area contributed by atoms with Crippen LogP contribution in [0.5, 0.6) is 0 Å². The fourth-order valence-electron chi connectivity index (χ4n) is 2.52. The third-order valence-corrected chi connectivity index (χ3v) is 4.68. The van der Waals surface area contributed by atoms with E-state index in [1.165, 1.54) is 11.3 Å². The van der Waals surface area contributed by atoms with Gasteiger partial charge in [0.25, 0.3) is 5.70 Å². The summed E-state index contributed by atoms with van der Waals surface area (Å²) >= 11 is 7.15. The monoisotopic (exact) mass is 346 g/mol. The molecule has 0 amide bonds. The Kier molecular flexibility index (Phi) is 5.60. The number of thiazole rings is 1. The molecule has 2 heterocycles. The van der Waals surface area contributed by atoms with Crippen LogP contribution in [0.1, 0.15) is 25.1 Å². The third kappa shape index (κ3) is 3.68. The Labute approximate surface area is 138 Å². The summed E-state index contributed by atoms with van der Waals surface area (Å²) < 4.78 is 6.13. The number of aromatic nitrogens is 1. The van der Waals surface area contributed by atoms with E-state index in [9.17, 15) is 10.1 Å². The molecule has 0 saturated heterocycles. The molecule has 0 radical (unpaired) electrons. The summed E-state index contributed by atoms with van der Waals surface area (Å²) in [5, 5.41) is 14.6. The first-order valence-corrected chi connectivity index (χ1v) is 8.20. The van der Waals surface area contributed by atoms with Gasteiger partial charge in [0.05, 0.1) is 17.4 Å². The number of halogens is 1. The second-order valence-electron chi connectivity index (χ2n) is 5.08. The first-order valence-electron chi connectivity index (χ1n) is 7.01. The predicted molar refractivity (Wildman–Crippen MR) is 84.9 cm³/mol. The fourth-order valence-corrected chi connectivity index (χ4v) is 3.44. The number of hydrogen-bond donors (Lipinski definition) is 1. The largest absolute Gasteiger partial charge is 0.361 e. The molecular formula is C13H19ClN4O3S. The molecule has 1 N–H and O–H groups in total. The Morgan fingerprint density at radius 1 is 1.68 bits per heavy atom. The van der Waals surface area contributed by atoms with Gasteiger partial charge >= 0.3 is 0 Å². The van der Waals surface area contributed by atoms with Crippen molar-refractivity contribution in [2.45, 2.75) is 33.0 Å². The van der Waals surface area contributed by atoms with Crippen molar-refractivity contribution in [3.63, 3.8) is 0 Å². The van der Waals surface area contributed by atoms with E-state index in [0.717, 1.165) is 4.88 Å². The number of nitro groups is 1. The van der Waals surface area contributed by atoms with Crippen LogP contribution in [0.3, 0.4) is 0 Å². The zero-order chi connectivity index (χ0) is 16.3. The Morgan fingerprint density at radius 2 is 2.41 bits per heavy atom. The minimum absolute atomic E-state index is 0.170. The highest BCUT2D eigenvalue weighted by Gasteiger charge is 2.38. The van der Waals surface area contributed by atoms with Crippen molar-refractivity contribution < 1.29 is 9.66 Å². The highest BCUT2D eigenvalue weighted by atomic mass is 35.5. The van der Waals surface area contributed by atoms with Crippen molar-refractivity contribution in [1.82, 2.24) is 15.2 Å². The van der Waals surface area contributed by atoms with E-state index in [1.54, 1.807) is 18.1 Å². The molecule has 2 rings (SSSR count). The van der Waals surface area contributed by atoms with Gasteiger partial charge in [-0.05, 0) is 6.92 Å². The minimum atomic E-state index is -0.314. The topological polar surface area (TPSA) is 80.5 Å². The summed E-state index contributed by atoms with van der Waals surface area (Å²) in [7, 11) is 1.80. The van der Waals surface area contributed by atoms with Crippen LogP contribution in [0.2, 0.25) is 4.47 Å². The minimum Gasteiger partial charge on any atom is -0.361 e. The van der Waals surface area contributed by atoms with E-state index in [0.29, 0.717) is 29.9 Å². The zero-order valence-electron chi connectivity index (χ0n) is 12.7. The second kappa shape index (κ2) is 7.26. The summed E-state index contributed by atoms with van der Waals surface area (Å²) in [5.41, 5.74) is 0.189. The highest BCUT2D eigenvalue weighted by molar-refractivity contribution is 7.15. The van der Waals surface area contributed by atoms with Crippen LogP contribution < -0.4 is 5.32 Å². The molecule has 9 heteroatoms. The van der Waals surface area contributed by atoms with Crippen molar-refractivity contribution in [3.8, 4) is 0 Å². The molecule has 2 unspecified atom stereocenters. The molecule has 0 aromatic carbocycles. The van der Waals surface area contributed by atoms with Gasteiger partial charge in [-0.1, -0.05) is 18.5 Å². The van der Waals surface area contributed by atoms with Crippen molar-refractivity contribution >= 4 is 22.9 Å². The normalized spacial score (nSPS) is 22.1. The molecule has 0 bridgehead atoms. The molecule has 0 aliphatic carbocycles. The van der Waals surface area contributed by atoms with Crippen molar-refractivity contribution in [3.05, 3.63) is 37.2 Å². The summed E-state index contributed by atoms with van der Waals surface area (Å²) in [6.45, 7) is 4.76. The summed E-state index contributed by atoms with van der Waals surface area (Å²) in [6.07, 6.45) is 2.09. The molecule has 122 valence electrons. The van der Waals surface area contributed by atoms with Crippen LogP contribution in [-0.4, -0.2) is 34.7 Å². The maximum atomic E-state index is 11.4. The van der Waals surface area contributed by atoms with E-state index in [4.69, 9.17) is 16.3 Å². The van der Waals surface area contributed by atoms with E-state index >= 15 is 0 Å². The lowest BCUT2D eigenvalue weighted by atomic mass is 9.98. The van der Waals surface area contributed by atoms with Crippen molar-refractivity contribution in [2.75, 3.05) is 13.7 Å². The van der Waals surface area contributed by atoms with Crippen molar-refractivity contribution in [1.29, 1.82) is 0 Å². The van der Waals surface area contributed by atoms with Crippen LogP contribution in [0.25, 0.3) is 0 Å². The number of ether oxygens (including phenoxy) is 1. The van der Waals surface area contributed by atoms with Crippen LogP contribution in [0.4, 0.5) is 0 Å². The lowest BCUT2D eigenvalue weighted by Crippen LogP contribution is -2.45. The predicted octanol–water partition coefficient (Wildman–Crippen LogP) is 2.67. The fraction of sp³-hybridized carbons (Fsp3) is 0.615. The van der Waals surface area contributed by atoms with Gasteiger partial charge in [-0.2, -0.15) is 0 Å². The molecule has 7 nitrogen and oxygen atoms in total. The van der Waals surface area contributed by atoms with Crippen LogP contribution in [-0.2, 0) is 11.3 Å². The Bertz CT molecular complexity index is 577. The van der Waals surface area contributed by atoms with E-state index < -0.39 is 0 Å². The Morgan fingerprint density at radius 3 is 2.95 bits per heavy atom. The van der Waals surface area contributed by atoms with Gasteiger partial charge in [0.1, 0.15) is 6.23 Å². The molecule has 2 atom stereocenters. The summed E-state index contributed by atoms with van der Waals surface area (Å²) in [4.78, 5) is 17.8. The smallest absolute Gasteiger partial charge is 0.288 e. The molecular weight excluding hydrogens is 328 g/mol. The molecule has 22 heavy (non-hydrogen) atoms. The quantitative estimate of drug-likeness (QED) is 0.630. The molecule has 0 fully saturated rings. The molecule has 1 aliphatic heterocycles. The number of allylic oxidation sites excluding steroid dienone is 1. The number of nitrogens with one attached hydrogen (secondary N) is 1. The van der Waals surface area contributed by atoms with Gasteiger partial charge in [-0.3, -0.25) is 10.1 Å². The van der Waals surface area contributed by atoms with Gasteiger partial charge in [-0.25, -0.2) is 4.98 Å². The zero-order valence-corrected chi connectivity index (χ0v) is 14.3. The Hall–Kier alpha value is -1.38. The van der Waals surface area contributed by atoms with Crippen LogP contribution in [0, 0.1) is 16.0 Å². The first-order chi connectivity index (χ1) is 10.4. The summed E-state index contributed by atoms with van der Waals surface area (Å²) in [6, 6.07) is 0. The SMILES string of the molecule is CCOC1CC(C)C([N+](=O)[O-])=C(NCc2cnc(Cl)s2)N1C. The number of nitrogens with zero attached hydrogens (tertiary/aromatic N) is 3. The molecule has 0 saturated carbocycles. The van der Waals surface area contributed by atoms with Gasteiger partial charge in [0, 0.05) is 31.1 Å². The van der Waals surface area contributed by atoms with Gasteiger partial charge in [0.2, 0.25) is 0 Å². The van der Waals surface area contributed by atoms with Crippen LogP contribution in [0.15, 0.2) is 17.7 Å². The highest BCUT2D eigenvalue weighted by Crippen LogP contribution is 2.30. The second-order valence-corrected chi connectivity index (χ2v) is 6.78. The lowest BCUT2D eigenvalue weighted by molar-refractivity contribution is -0.439. The van der Waals surface area contributed by atoms with E-state index in [-0.39, 0.29) is 22.8 Å². The third-order valence-electron chi connectivity index (χ3n) is 3.56. The van der Waals surface area contributed by atoms with E-state index in [2.05, 4.69) is 10.3 Å². The molecule has 1 aromatic rings. The number of hydrogen-bond acceptors (Lipinski definition) is 7. The standard InChI is InChI=1S/C13H19ClN4O3S/c1-4-21-10-5-8(2)11(18(19)20)12(17(10)3)15-6-9-7-16-13(14)22-9/h7-8,10,15H,4-6H2,1-3H3. The number of rotatable bonds is 6. The maximum Gasteiger partial charge on any atom is 0.288 e. The average molecular weight is 347 g/mol. The molecule has 1 aromatic heterocycles. The van der Waals surface area contributed by atoms with Gasteiger partial charge in [-0.15, -0.1) is 11.3 Å². The maximum absolute atomic E-state index is 11.4. The average Bonchev–Trinajstić information content (AvgIpc) is 2.86.